The van der Waals surface area contributed by atoms with Gasteiger partial charge in [0.15, 0.2) is 0 Å². The molecule has 0 saturated heterocycles. The quantitative estimate of drug-likeness (QED) is 0.635. The molecular formula is C19H26N2O4. The lowest BCUT2D eigenvalue weighted by Crippen LogP contribution is -2.35. The Labute approximate surface area is 149 Å². The van der Waals surface area contributed by atoms with Gasteiger partial charge < -0.3 is 14.4 Å². The number of benzene rings is 1. The van der Waals surface area contributed by atoms with E-state index < -0.39 is 12.2 Å². The third kappa shape index (κ3) is 5.99. The first-order valence-corrected chi connectivity index (χ1v) is 8.24. The number of hydrogen-bond donors (Lipinski definition) is 0. The second-order valence-electron chi connectivity index (χ2n) is 5.10. The molecule has 0 radical (unpaired) electrons. The zero-order valence-corrected chi connectivity index (χ0v) is 14.9. The van der Waals surface area contributed by atoms with Crippen molar-refractivity contribution in [2.45, 2.75) is 20.4 Å². The van der Waals surface area contributed by atoms with Gasteiger partial charge in [-0.2, -0.15) is 0 Å². The van der Waals surface area contributed by atoms with E-state index in [4.69, 9.17) is 9.47 Å². The van der Waals surface area contributed by atoms with Crippen molar-refractivity contribution >= 4 is 17.9 Å². The number of amides is 2. The summed E-state index contributed by atoms with van der Waals surface area (Å²) in [6, 6.07) is 7.36. The summed E-state index contributed by atoms with van der Waals surface area (Å²) in [5, 5.41) is 0. The molecule has 0 aromatic heterocycles. The average Bonchev–Trinajstić information content (AvgIpc) is 2.60. The molecule has 0 bridgehead atoms. The first-order chi connectivity index (χ1) is 12.1. The van der Waals surface area contributed by atoms with Crippen LogP contribution < -0.4 is 4.90 Å². The average molecular weight is 346 g/mol. The number of para-hydroxylation sites is 1. The molecule has 6 nitrogen and oxygen atoms in total. The van der Waals surface area contributed by atoms with Crippen molar-refractivity contribution in [3.05, 3.63) is 55.1 Å². The molecule has 1 rings (SSSR count). The largest absolute Gasteiger partial charge is 0.450 e. The second-order valence-corrected chi connectivity index (χ2v) is 5.10. The van der Waals surface area contributed by atoms with Crippen molar-refractivity contribution < 1.29 is 19.1 Å². The normalized spacial score (nSPS) is 9.84. The topological polar surface area (TPSA) is 59.1 Å². The van der Waals surface area contributed by atoms with E-state index in [1.54, 1.807) is 26.0 Å². The standard InChI is InChI=1S/C19H26N2O4/c1-5-13-20(18(22)24-7-3)15-16-11-9-10-12-17(16)21(14-6-2)19(23)25-8-4/h5-6,9-12H,1-2,7-8,13-15H2,3-4H3. The van der Waals surface area contributed by atoms with Gasteiger partial charge in [0.1, 0.15) is 0 Å². The molecule has 1 aromatic carbocycles. The second kappa shape index (κ2) is 10.9. The molecule has 0 saturated carbocycles. The lowest BCUT2D eigenvalue weighted by molar-refractivity contribution is 0.109. The highest BCUT2D eigenvalue weighted by molar-refractivity contribution is 5.89. The summed E-state index contributed by atoms with van der Waals surface area (Å²) in [5.74, 6) is 0. The van der Waals surface area contributed by atoms with E-state index in [0.29, 0.717) is 25.4 Å². The summed E-state index contributed by atoms with van der Waals surface area (Å²) in [5.41, 5.74) is 1.46. The molecule has 0 spiro atoms. The number of carbonyl (C=O) groups excluding carboxylic acids is 2. The molecule has 0 aliphatic carbocycles. The van der Waals surface area contributed by atoms with E-state index in [2.05, 4.69) is 13.2 Å². The van der Waals surface area contributed by atoms with Crippen LogP contribution in [0.25, 0.3) is 0 Å². The Morgan fingerprint density at radius 1 is 1.00 bits per heavy atom. The molecule has 0 aliphatic heterocycles. The van der Waals surface area contributed by atoms with Gasteiger partial charge in [-0.1, -0.05) is 30.4 Å². The molecule has 2 amide bonds. The fraction of sp³-hybridized carbons (Fsp3) is 0.368. The third-order valence-corrected chi connectivity index (χ3v) is 3.32. The van der Waals surface area contributed by atoms with Gasteiger partial charge in [0.2, 0.25) is 0 Å². The zero-order chi connectivity index (χ0) is 18.7. The van der Waals surface area contributed by atoms with Crippen LogP contribution in [-0.2, 0) is 16.0 Å². The van der Waals surface area contributed by atoms with Gasteiger partial charge in [0, 0.05) is 13.1 Å². The number of anilines is 1. The van der Waals surface area contributed by atoms with Crippen molar-refractivity contribution in [2.24, 2.45) is 0 Å². The molecular weight excluding hydrogens is 320 g/mol. The smallest absolute Gasteiger partial charge is 0.414 e. The summed E-state index contributed by atoms with van der Waals surface area (Å²) < 4.78 is 10.2. The Morgan fingerprint density at radius 2 is 1.60 bits per heavy atom. The number of nitrogens with zero attached hydrogens (tertiary/aromatic N) is 2. The van der Waals surface area contributed by atoms with Gasteiger partial charge in [-0.05, 0) is 25.5 Å². The van der Waals surface area contributed by atoms with Crippen molar-refractivity contribution in [2.75, 3.05) is 31.2 Å². The molecule has 0 unspecified atom stereocenters. The van der Waals surface area contributed by atoms with E-state index in [1.807, 2.05) is 24.3 Å². The maximum absolute atomic E-state index is 12.3. The van der Waals surface area contributed by atoms with Crippen LogP contribution in [0.1, 0.15) is 19.4 Å². The molecule has 6 heteroatoms. The van der Waals surface area contributed by atoms with Crippen LogP contribution in [0.5, 0.6) is 0 Å². The molecule has 0 heterocycles. The number of hydrogen-bond acceptors (Lipinski definition) is 4. The Morgan fingerprint density at radius 3 is 2.20 bits per heavy atom. The van der Waals surface area contributed by atoms with Crippen molar-refractivity contribution in [1.82, 2.24) is 4.90 Å². The first-order valence-electron chi connectivity index (χ1n) is 8.24. The van der Waals surface area contributed by atoms with Gasteiger partial charge >= 0.3 is 12.2 Å². The molecule has 136 valence electrons. The van der Waals surface area contributed by atoms with Gasteiger partial charge in [-0.3, -0.25) is 4.90 Å². The zero-order valence-electron chi connectivity index (χ0n) is 14.9. The molecule has 0 N–H and O–H groups in total. The first kappa shape index (κ1) is 20.3. The Hall–Kier alpha value is -2.76. The summed E-state index contributed by atoms with van der Waals surface area (Å²) in [6.07, 6.45) is 2.37. The minimum atomic E-state index is -0.457. The summed E-state index contributed by atoms with van der Waals surface area (Å²) >= 11 is 0. The predicted octanol–water partition coefficient (Wildman–Crippen LogP) is 3.98. The highest BCUT2D eigenvalue weighted by Gasteiger charge is 2.21. The monoisotopic (exact) mass is 346 g/mol. The SMILES string of the molecule is C=CCN(Cc1ccccc1N(CC=C)C(=O)OCC)C(=O)OCC. The van der Waals surface area contributed by atoms with Crippen LogP contribution in [0.2, 0.25) is 0 Å². The summed E-state index contributed by atoms with van der Waals surface area (Å²) in [7, 11) is 0. The highest BCUT2D eigenvalue weighted by Crippen LogP contribution is 2.23. The predicted molar refractivity (Wildman–Crippen MR) is 98.6 cm³/mol. The van der Waals surface area contributed by atoms with Gasteiger partial charge in [0.05, 0.1) is 25.4 Å². The van der Waals surface area contributed by atoms with Crippen LogP contribution in [-0.4, -0.2) is 43.4 Å². The van der Waals surface area contributed by atoms with E-state index in [1.165, 1.54) is 9.80 Å². The summed E-state index contributed by atoms with van der Waals surface area (Å²) in [6.45, 7) is 12.4. The fourth-order valence-electron chi connectivity index (χ4n) is 2.29. The lowest BCUT2D eigenvalue weighted by Gasteiger charge is -2.26. The van der Waals surface area contributed by atoms with Gasteiger partial charge in [-0.25, -0.2) is 9.59 Å². The van der Waals surface area contributed by atoms with E-state index in [-0.39, 0.29) is 13.2 Å². The van der Waals surface area contributed by atoms with Crippen LogP contribution in [0, 0.1) is 0 Å². The number of ether oxygens (including phenoxy) is 2. The van der Waals surface area contributed by atoms with Crippen molar-refractivity contribution in [3.63, 3.8) is 0 Å². The number of rotatable bonds is 9. The third-order valence-electron chi connectivity index (χ3n) is 3.32. The maximum Gasteiger partial charge on any atom is 0.414 e. The molecule has 25 heavy (non-hydrogen) atoms. The molecule has 0 fully saturated rings. The highest BCUT2D eigenvalue weighted by atomic mass is 16.6. The number of carbonyl (C=O) groups is 2. The summed E-state index contributed by atoms with van der Waals surface area (Å²) in [4.78, 5) is 27.4. The van der Waals surface area contributed by atoms with Crippen LogP contribution >= 0.6 is 0 Å². The fourth-order valence-corrected chi connectivity index (χ4v) is 2.29. The van der Waals surface area contributed by atoms with Crippen LogP contribution in [0.15, 0.2) is 49.6 Å². The van der Waals surface area contributed by atoms with Crippen molar-refractivity contribution in [1.29, 1.82) is 0 Å². The molecule has 0 aliphatic rings. The van der Waals surface area contributed by atoms with E-state index in [0.717, 1.165) is 5.56 Å². The molecule has 1 aromatic rings. The molecule has 0 atom stereocenters. The lowest BCUT2D eigenvalue weighted by atomic mass is 10.1. The minimum absolute atomic E-state index is 0.278. The minimum Gasteiger partial charge on any atom is -0.450 e. The van der Waals surface area contributed by atoms with Crippen molar-refractivity contribution in [3.8, 4) is 0 Å². The van der Waals surface area contributed by atoms with E-state index in [9.17, 15) is 9.59 Å². The Bertz CT molecular complexity index is 601. The van der Waals surface area contributed by atoms with E-state index >= 15 is 0 Å². The van der Waals surface area contributed by atoms with Gasteiger partial charge in [-0.15, -0.1) is 13.2 Å². The van der Waals surface area contributed by atoms with Crippen LogP contribution in [0.3, 0.4) is 0 Å². The van der Waals surface area contributed by atoms with Crippen LogP contribution in [0.4, 0.5) is 15.3 Å². The maximum atomic E-state index is 12.3. The van der Waals surface area contributed by atoms with Gasteiger partial charge in [0.25, 0.3) is 0 Å². The Kier molecular flexibility index (Phi) is 8.85. The Balaban J connectivity index is 3.14.